The van der Waals surface area contributed by atoms with Crippen molar-refractivity contribution in [3.8, 4) is 17.9 Å². The van der Waals surface area contributed by atoms with Crippen LogP contribution in [0.1, 0.15) is 30.4 Å². The third kappa shape index (κ3) is 2.83. The molecule has 0 radical (unpaired) electrons. The summed E-state index contributed by atoms with van der Waals surface area (Å²) in [6.07, 6.45) is 4.38. The smallest absolute Gasteiger partial charge is 0.170 e. The number of hydrogen-bond donors (Lipinski definition) is 0. The van der Waals surface area contributed by atoms with Gasteiger partial charge in [-0.1, -0.05) is 17.9 Å². The summed E-state index contributed by atoms with van der Waals surface area (Å²) in [6.45, 7) is 0. The largest absolute Gasteiger partial charge is 0.293 e. The second-order valence-electron chi connectivity index (χ2n) is 3.87. The van der Waals surface area contributed by atoms with Crippen LogP contribution in [0.2, 0.25) is 0 Å². The molecule has 1 aliphatic rings. The maximum atomic E-state index is 11.5. The number of Topliss-reactive ketones (excluding diaryl/α,β-unsaturated/α-hetero) is 1. The molecule has 1 aliphatic carbocycles. The molecule has 0 heterocycles. The van der Waals surface area contributed by atoms with E-state index in [1.807, 2.05) is 6.08 Å². The first kappa shape index (κ1) is 11.2. The van der Waals surface area contributed by atoms with Gasteiger partial charge in [0, 0.05) is 12.0 Å². The van der Waals surface area contributed by atoms with E-state index in [1.54, 1.807) is 24.3 Å². The Hall–Kier alpha value is -2.32. The number of carbonyl (C=O) groups excluding carboxylic acids is 1. The van der Waals surface area contributed by atoms with E-state index in [2.05, 4.69) is 17.9 Å². The summed E-state index contributed by atoms with van der Waals surface area (Å²) < 4.78 is 0. The van der Waals surface area contributed by atoms with E-state index in [0.29, 0.717) is 17.6 Å². The minimum atomic E-state index is 0.136. The molecule has 0 aromatic heterocycles. The minimum absolute atomic E-state index is 0.136. The predicted molar refractivity (Wildman–Crippen MR) is 65.0 cm³/mol. The fraction of sp³-hybridized carbons (Fsp3) is 0.200. The molecule has 0 bridgehead atoms. The first-order valence-electron chi connectivity index (χ1n) is 5.55. The molecule has 2 nitrogen and oxygen atoms in total. The van der Waals surface area contributed by atoms with E-state index in [4.69, 9.17) is 5.26 Å². The highest BCUT2D eigenvalue weighted by Gasteiger charge is 2.10. The van der Waals surface area contributed by atoms with E-state index in [-0.39, 0.29) is 5.78 Å². The van der Waals surface area contributed by atoms with Crippen LogP contribution in [0.25, 0.3) is 0 Å². The van der Waals surface area contributed by atoms with Crippen LogP contribution in [0.5, 0.6) is 0 Å². The number of carbonyl (C=O) groups is 1. The summed E-state index contributed by atoms with van der Waals surface area (Å²) >= 11 is 0. The van der Waals surface area contributed by atoms with Crippen molar-refractivity contribution in [1.29, 1.82) is 5.26 Å². The zero-order chi connectivity index (χ0) is 12.1. The molecule has 1 aromatic carbocycles. The van der Waals surface area contributed by atoms with Gasteiger partial charge in [-0.3, -0.25) is 4.79 Å². The number of rotatable bonds is 0. The number of nitrogens with zero attached hydrogens (tertiary/aromatic N) is 1. The van der Waals surface area contributed by atoms with Gasteiger partial charge in [-0.2, -0.15) is 5.26 Å². The van der Waals surface area contributed by atoms with Gasteiger partial charge in [-0.25, -0.2) is 0 Å². The van der Waals surface area contributed by atoms with Gasteiger partial charge in [-0.05, 0) is 37.1 Å². The van der Waals surface area contributed by atoms with Crippen LogP contribution >= 0.6 is 0 Å². The van der Waals surface area contributed by atoms with E-state index in [0.717, 1.165) is 18.4 Å². The van der Waals surface area contributed by atoms with Gasteiger partial charge in [0.05, 0.1) is 17.2 Å². The van der Waals surface area contributed by atoms with Gasteiger partial charge >= 0.3 is 0 Å². The van der Waals surface area contributed by atoms with Crippen LogP contribution < -0.4 is 0 Å². The quantitative estimate of drug-likeness (QED) is 0.632. The Morgan fingerprint density at radius 1 is 1.06 bits per heavy atom. The van der Waals surface area contributed by atoms with Crippen LogP contribution in [-0.2, 0) is 4.79 Å². The molecule has 0 fully saturated rings. The van der Waals surface area contributed by atoms with Gasteiger partial charge in [0.25, 0.3) is 0 Å². The van der Waals surface area contributed by atoms with Crippen LogP contribution in [0, 0.1) is 23.2 Å². The number of benzene rings is 1. The molecular weight excluding hydrogens is 210 g/mol. The van der Waals surface area contributed by atoms with E-state index in [1.165, 1.54) is 0 Å². The predicted octanol–water partition coefficient (Wildman–Crippen LogP) is 2.59. The van der Waals surface area contributed by atoms with Crippen LogP contribution in [0.15, 0.2) is 35.9 Å². The average Bonchev–Trinajstić information content (AvgIpc) is 2.38. The van der Waals surface area contributed by atoms with Gasteiger partial charge in [0.15, 0.2) is 5.78 Å². The van der Waals surface area contributed by atoms with Gasteiger partial charge in [-0.15, -0.1) is 0 Å². The Balaban J connectivity index is 2.18. The first-order valence-corrected chi connectivity index (χ1v) is 5.55. The maximum Gasteiger partial charge on any atom is 0.170 e. The summed E-state index contributed by atoms with van der Waals surface area (Å²) in [4.78, 5) is 11.5. The molecule has 0 atom stereocenters. The summed E-state index contributed by atoms with van der Waals surface area (Å²) in [5, 5.41) is 8.66. The monoisotopic (exact) mass is 221 g/mol. The van der Waals surface area contributed by atoms with Crippen molar-refractivity contribution in [1.82, 2.24) is 0 Å². The maximum absolute atomic E-state index is 11.5. The van der Waals surface area contributed by atoms with Gasteiger partial charge < -0.3 is 0 Å². The summed E-state index contributed by atoms with van der Waals surface area (Å²) in [5.74, 6) is 5.99. The molecule has 0 amide bonds. The van der Waals surface area contributed by atoms with Crippen molar-refractivity contribution in [2.24, 2.45) is 0 Å². The number of ketones is 1. The molecule has 82 valence electrons. The van der Waals surface area contributed by atoms with Crippen molar-refractivity contribution in [3.05, 3.63) is 47.0 Å². The lowest BCUT2D eigenvalue weighted by atomic mass is 9.98. The summed E-state index contributed by atoms with van der Waals surface area (Å²) in [5.41, 5.74) is 2.06. The Labute approximate surface area is 101 Å². The fourth-order valence-electron chi connectivity index (χ4n) is 1.65. The van der Waals surface area contributed by atoms with E-state index >= 15 is 0 Å². The lowest BCUT2D eigenvalue weighted by molar-refractivity contribution is -0.115. The van der Waals surface area contributed by atoms with E-state index < -0.39 is 0 Å². The third-order valence-corrected chi connectivity index (χ3v) is 2.61. The fourth-order valence-corrected chi connectivity index (χ4v) is 1.65. The first-order chi connectivity index (χ1) is 8.29. The second-order valence-corrected chi connectivity index (χ2v) is 3.87. The Morgan fingerprint density at radius 2 is 1.76 bits per heavy atom. The standard InChI is InChI=1S/C15H11NO/c16-11-13-7-5-12(6-8-13)9-10-14-3-1-2-4-15(14)17/h3,5-8H,1-2,4H2. The minimum Gasteiger partial charge on any atom is -0.293 e. The molecule has 1 aromatic rings. The SMILES string of the molecule is N#Cc1ccc(C#CC2=CCCCC2=O)cc1. The number of hydrogen-bond acceptors (Lipinski definition) is 2. The molecule has 0 saturated carbocycles. The van der Waals surface area contributed by atoms with Crippen molar-refractivity contribution in [2.75, 3.05) is 0 Å². The van der Waals surface area contributed by atoms with Crippen molar-refractivity contribution in [2.45, 2.75) is 19.3 Å². The molecule has 17 heavy (non-hydrogen) atoms. The second kappa shape index (κ2) is 5.14. The van der Waals surface area contributed by atoms with E-state index in [9.17, 15) is 4.79 Å². The molecule has 2 rings (SSSR count). The average molecular weight is 221 g/mol. The van der Waals surface area contributed by atoms with Gasteiger partial charge in [0.2, 0.25) is 0 Å². The molecule has 0 aliphatic heterocycles. The van der Waals surface area contributed by atoms with Crippen molar-refractivity contribution >= 4 is 5.78 Å². The topological polar surface area (TPSA) is 40.9 Å². The summed E-state index contributed by atoms with van der Waals surface area (Å²) in [7, 11) is 0. The molecule has 0 unspecified atom stereocenters. The molecular formula is C15H11NO. The zero-order valence-corrected chi connectivity index (χ0v) is 9.36. The highest BCUT2D eigenvalue weighted by molar-refractivity contribution is 6.00. The van der Waals surface area contributed by atoms with Crippen molar-refractivity contribution in [3.63, 3.8) is 0 Å². The van der Waals surface area contributed by atoms with Crippen LogP contribution in [0.3, 0.4) is 0 Å². The normalized spacial score (nSPS) is 14.3. The molecule has 2 heteroatoms. The van der Waals surface area contributed by atoms with Crippen molar-refractivity contribution < 1.29 is 4.79 Å². The van der Waals surface area contributed by atoms with Crippen LogP contribution in [-0.4, -0.2) is 5.78 Å². The van der Waals surface area contributed by atoms with Gasteiger partial charge in [0.1, 0.15) is 0 Å². The molecule has 0 N–H and O–H groups in total. The lowest BCUT2D eigenvalue weighted by Gasteiger charge is -2.04. The molecule has 0 spiro atoms. The number of allylic oxidation sites excluding steroid dienone is 2. The number of nitriles is 1. The Morgan fingerprint density at radius 3 is 2.41 bits per heavy atom. The lowest BCUT2D eigenvalue weighted by Crippen LogP contribution is -2.04. The highest BCUT2D eigenvalue weighted by Crippen LogP contribution is 2.13. The molecule has 0 saturated heterocycles. The van der Waals surface area contributed by atoms with Crippen LogP contribution in [0.4, 0.5) is 0 Å². The third-order valence-electron chi connectivity index (χ3n) is 2.61. The summed E-state index contributed by atoms with van der Waals surface area (Å²) in [6, 6.07) is 9.08. The zero-order valence-electron chi connectivity index (χ0n) is 9.36. The Kier molecular flexibility index (Phi) is 3.38. The highest BCUT2D eigenvalue weighted by atomic mass is 16.1. The Bertz CT molecular complexity index is 562.